The molecule has 0 spiro atoms. The van der Waals surface area contributed by atoms with Crippen LogP contribution in [0.4, 0.5) is 5.69 Å². The molecule has 0 atom stereocenters. The molecule has 2 aromatic carbocycles. The van der Waals surface area contributed by atoms with Crippen molar-refractivity contribution in [2.24, 2.45) is 5.92 Å². The maximum atomic E-state index is 13.1. The van der Waals surface area contributed by atoms with Crippen molar-refractivity contribution < 1.29 is 17.9 Å². The lowest BCUT2D eigenvalue weighted by Crippen LogP contribution is -2.40. The van der Waals surface area contributed by atoms with Crippen molar-refractivity contribution >= 4 is 32.5 Å². The van der Waals surface area contributed by atoms with E-state index in [9.17, 15) is 13.2 Å². The van der Waals surface area contributed by atoms with Crippen molar-refractivity contribution in [1.82, 2.24) is 8.87 Å². The van der Waals surface area contributed by atoms with Gasteiger partial charge in [0.05, 0.1) is 18.1 Å². The summed E-state index contributed by atoms with van der Waals surface area (Å²) in [5, 5.41) is 3.95. The molecule has 1 aliphatic heterocycles. The van der Waals surface area contributed by atoms with E-state index in [0.29, 0.717) is 49.0 Å². The highest BCUT2D eigenvalue weighted by molar-refractivity contribution is 7.89. The van der Waals surface area contributed by atoms with Gasteiger partial charge < -0.3 is 14.6 Å². The predicted octanol–water partition coefficient (Wildman–Crippen LogP) is 3.88. The Morgan fingerprint density at radius 3 is 2.56 bits per heavy atom. The number of rotatable bonds is 6. The van der Waals surface area contributed by atoms with Crippen LogP contribution in [0.3, 0.4) is 0 Å². The van der Waals surface area contributed by atoms with E-state index >= 15 is 0 Å². The number of ether oxygens (including phenoxy) is 1. The average molecular weight is 456 g/mol. The molecule has 170 valence electrons. The highest BCUT2D eigenvalue weighted by atomic mass is 32.2. The summed E-state index contributed by atoms with van der Waals surface area (Å²) < 4.78 is 35.1. The Hall–Kier alpha value is -2.68. The van der Waals surface area contributed by atoms with Crippen molar-refractivity contribution in [1.29, 1.82) is 0 Å². The van der Waals surface area contributed by atoms with Crippen molar-refractivity contribution in [3.63, 3.8) is 0 Å². The summed E-state index contributed by atoms with van der Waals surface area (Å²) in [4.78, 5) is 13.1. The molecule has 0 saturated carbocycles. The zero-order valence-electron chi connectivity index (χ0n) is 18.7. The number of hydrogen-bond donors (Lipinski definition) is 1. The fraction of sp³-hybridized carbons (Fsp3) is 0.375. The molecule has 7 nitrogen and oxygen atoms in total. The Morgan fingerprint density at radius 2 is 1.84 bits per heavy atom. The second-order valence-electron chi connectivity index (χ2n) is 8.59. The number of carbonyl (C=O) groups is 1. The van der Waals surface area contributed by atoms with Crippen molar-refractivity contribution in [3.05, 3.63) is 59.8 Å². The minimum absolute atomic E-state index is 0.160. The number of aryl methyl sites for hydroxylation is 1. The molecule has 32 heavy (non-hydrogen) atoms. The summed E-state index contributed by atoms with van der Waals surface area (Å²) in [6.45, 7) is 8.40. The van der Waals surface area contributed by atoms with Gasteiger partial charge in [0.25, 0.3) is 5.91 Å². The first-order chi connectivity index (χ1) is 15.3. The summed E-state index contributed by atoms with van der Waals surface area (Å²) in [5.41, 5.74) is 2.70. The number of benzene rings is 2. The standard InChI is InChI=1S/C24H29N3O4S/c1-17(2)16-26-9-8-19-14-21(6-7-22(19)26)25-24(28)20-5-4-18(3)23(15-20)32(29,30)27-10-12-31-13-11-27/h4-9,14-15,17H,10-13,16H2,1-3H3,(H,25,28). The number of amides is 1. The number of fused-ring (bicyclic) bond motifs is 1. The lowest BCUT2D eigenvalue weighted by atomic mass is 10.1. The largest absolute Gasteiger partial charge is 0.379 e. The van der Waals surface area contributed by atoms with Crippen LogP contribution in [0.1, 0.15) is 29.8 Å². The van der Waals surface area contributed by atoms with Crippen LogP contribution in [0, 0.1) is 12.8 Å². The molecular formula is C24H29N3O4S. The van der Waals surface area contributed by atoms with Crippen LogP contribution in [0.25, 0.3) is 10.9 Å². The minimum Gasteiger partial charge on any atom is -0.379 e. The van der Waals surface area contributed by atoms with Gasteiger partial charge in [-0.25, -0.2) is 8.42 Å². The van der Waals surface area contributed by atoms with Crippen molar-refractivity contribution in [2.75, 3.05) is 31.6 Å². The number of nitrogens with zero attached hydrogens (tertiary/aromatic N) is 2. The Bertz CT molecular complexity index is 1240. The molecule has 1 amide bonds. The normalized spacial score (nSPS) is 15.4. The topological polar surface area (TPSA) is 80.6 Å². The van der Waals surface area contributed by atoms with Crippen LogP contribution < -0.4 is 5.32 Å². The molecule has 1 saturated heterocycles. The zero-order chi connectivity index (χ0) is 22.9. The SMILES string of the molecule is Cc1ccc(C(=O)Nc2ccc3c(ccn3CC(C)C)c2)cc1S(=O)(=O)N1CCOCC1. The van der Waals surface area contributed by atoms with Gasteiger partial charge in [-0.1, -0.05) is 19.9 Å². The second-order valence-corrected chi connectivity index (χ2v) is 10.5. The molecule has 8 heteroatoms. The highest BCUT2D eigenvalue weighted by Crippen LogP contribution is 2.25. The lowest BCUT2D eigenvalue weighted by Gasteiger charge is -2.26. The first-order valence-corrected chi connectivity index (χ1v) is 12.3. The smallest absolute Gasteiger partial charge is 0.255 e. The van der Waals surface area contributed by atoms with Crippen LogP contribution in [-0.4, -0.2) is 49.5 Å². The number of morpholine rings is 1. The molecule has 1 aromatic heterocycles. The molecule has 1 N–H and O–H groups in total. The van der Waals surface area contributed by atoms with Gasteiger partial charge in [-0.3, -0.25) is 4.79 Å². The first kappa shape index (κ1) is 22.5. The van der Waals surface area contributed by atoms with Gasteiger partial charge in [-0.05, 0) is 54.8 Å². The highest BCUT2D eigenvalue weighted by Gasteiger charge is 2.28. The van der Waals surface area contributed by atoms with Gasteiger partial charge in [-0.2, -0.15) is 4.31 Å². The van der Waals surface area contributed by atoms with Crippen LogP contribution in [-0.2, 0) is 21.3 Å². The molecule has 2 heterocycles. The van der Waals surface area contributed by atoms with Crippen molar-refractivity contribution in [2.45, 2.75) is 32.2 Å². The molecule has 0 unspecified atom stereocenters. The summed E-state index contributed by atoms with van der Waals surface area (Å²) in [6.07, 6.45) is 2.05. The molecule has 4 rings (SSSR count). The summed E-state index contributed by atoms with van der Waals surface area (Å²) in [6, 6.07) is 12.6. The van der Waals surface area contributed by atoms with Crippen LogP contribution in [0.2, 0.25) is 0 Å². The van der Waals surface area contributed by atoms with Gasteiger partial charge in [0, 0.05) is 48.0 Å². The number of hydrogen-bond acceptors (Lipinski definition) is 4. The van der Waals surface area contributed by atoms with E-state index in [-0.39, 0.29) is 10.8 Å². The minimum atomic E-state index is -3.69. The maximum absolute atomic E-state index is 13.1. The van der Waals surface area contributed by atoms with E-state index in [1.54, 1.807) is 19.1 Å². The number of carbonyl (C=O) groups excluding carboxylic acids is 1. The summed E-state index contributed by atoms with van der Waals surface area (Å²) >= 11 is 0. The monoisotopic (exact) mass is 455 g/mol. The molecule has 1 fully saturated rings. The number of anilines is 1. The fourth-order valence-corrected chi connectivity index (χ4v) is 5.64. The number of nitrogens with one attached hydrogen (secondary N) is 1. The molecular weight excluding hydrogens is 426 g/mol. The first-order valence-electron chi connectivity index (χ1n) is 10.8. The Morgan fingerprint density at radius 1 is 1.09 bits per heavy atom. The Kier molecular flexibility index (Phi) is 6.37. The third-order valence-electron chi connectivity index (χ3n) is 5.63. The maximum Gasteiger partial charge on any atom is 0.255 e. The van der Waals surface area contributed by atoms with Crippen LogP contribution in [0.15, 0.2) is 53.6 Å². The van der Waals surface area contributed by atoms with Gasteiger partial charge in [0.1, 0.15) is 0 Å². The Balaban J connectivity index is 1.57. The van der Waals surface area contributed by atoms with Gasteiger partial charge in [0.2, 0.25) is 10.0 Å². The number of sulfonamides is 1. The van der Waals surface area contributed by atoms with E-state index < -0.39 is 10.0 Å². The van der Waals surface area contributed by atoms with E-state index in [2.05, 4.69) is 29.9 Å². The number of aromatic nitrogens is 1. The van der Waals surface area contributed by atoms with Gasteiger partial charge in [0.15, 0.2) is 0 Å². The second kappa shape index (κ2) is 9.05. The predicted molar refractivity (Wildman–Crippen MR) is 125 cm³/mol. The van der Waals surface area contributed by atoms with E-state index in [1.807, 2.05) is 24.3 Å². The van der Waals surface area contributed by atoms with E-state index in [0.717, 1.165) is 17.4 Å². The molecule has 1 aliphatic rings. The fourth-order valence-electron chi connectivity index (χ4n) is 3.98. The summed E-state index contributed by atoms with van der Waals surface area (Å²) in [5.74, 6) is 0.193. The zero-order valence-corrected chi connectivity index (χ0v) is 19.5. The quantitative estimate of drug-likeness (QED) is 0.612. The summed E-state index contributed by atoms with van der Waals surface area (Å²) in [7, 11) is -3.69. The third-order valence-corrected chi connectivity index (χ3v) is 7.67. The van der Waals surface area contributed by atoms with E-state index in [1.165, 1.54) is 10.4 Å². The lowest BCUT2D eigenvalue weighted by molar-refractivity contribution is 0.0730. The van der Waals surface area contributed by atoms with Crippen LogP contribution >= 0.6 is 0 Å². The molecule has 0 aliphatic carbocycles. The molecule has 3 aromatic rings. The van der Waals surface area contributed by atoms with Gasteiger partial charge in [-0.15, -0.1) is 0 Å². The van der Waals surface area contributed by atoms with Gasteiger partial charge >= 0.3 is 0 Å². The van der Waals surface area contributed by atoms with Crippen molar-refractivity contribution in [3.8, 4) is 0 Å². The average Bonchev–Trinajstić information content (AvgIpc) is 3.15. The van der Waals surface area contributed by atoms with E-state index in [4.69, 9.17) is 4.74 Å². The van der Waals surface area contributed by atoms with Crippen LogP contribution in [0.5, 0.6) is 0 Å². The molecule has 0 radical (unpaired) electrons. The molecule has 0 bridgehead atoms. The Labute approximate surface area is 189 Å². The third kappa shape index (κ3) is 4.57.